The van der Waals surface area contributed by atoms with E-state index in [1.54, 1.807) is 17.2 Å². The molecule has 8 heteroatoms. The second-order valence-corrected chi connectivity index (χ2v) is 4.39. The molecule has 0 radical (unpaired) electrons. The van der Waals surface area contributed by atoms with E-state index in [4.69, 9.17) is 11.1 Å². The highest BCUT2D eigenvalue weighted by atomic mass is 15.4. The molecule has 0 aliphatic carbocycles. The molecular formula is C13H10N8. The summed E-state index contributed by atoms with van der Waals surface area (Å²) in [5.74, 6) is 0.637. The Labute approximate surface area is 119 Å². The van der Waals surface area contributed by atoms with Gasteiger partial charge in [0.25, 0.3) is 0 Å². The summed E-state index contributed by atoms with van der Waals surface area (Å²) in [5, 5.41) is 7.58. The number of azide groups is 2. The molecule has 21 heavy (non-hydrogen) atoms. The summed E-state index contributed by atoms with van der Waals surface area (Å²) in [6.45, 7) is 0. The number of hydrogen-bond donors (Lipinski definition) is 0. The van der Waals surface area contributed by atoms with Crippen LogP contribution >= 0.6 is 0 Å². The monoisotopic (exact) mass is 278 g/mol. The van der Waals surface area contributed by atoms with Crippen molar-refractivity contribution in [3.05, 3.63) is 75.1 Å². The summed E-state index contributed by atoms with van der Waals surface area (Å²) in [7, 11) is 0. The van der Waals surface area contributed by atoms with Crippen LogP contribution in [0.1, 0.15) is 11.6 Å². The lowest BCUT2D eigenvalue weighted by Gasteiger charge is -2.24. The van der Waals surface area contributed by atoms with Crippen molar-refractivity contribution < 1.29 is 0 Å². The van der Waals surface area contributed by atoms with Crippen molar-refractivity contribution in [2.45, 2.75) is 12.2 Å². The Bertz CT molecular complexity index is 746. The first kappa shape index (κ1) is 12.8. The lowest BCUT2D eigenvalue weighted by atomic mass is 10.1. The number of pyridine rings is 1. The van der Waals surface area contributed by atoms with Crippen LogP contribution in [0.2, 0.25) is 0 Å². The molecule has 0 spiro atoms. The number of fused-ring (bicyclic) bond motifs is 1. The highest BCUT2D eigenvalue weighted by Crippen LogP contribution is 2.45. The van der Waals surface area contributed by atoms with E-state index in [-0.39, 0.29) is 0 Å². The van der Waals surface area contributed by atoms with E-state index >= 15 is 0 Å². The van der Waals surface area contributed by atoms with Crippen molar-refractivity contribution in [3.8, 4) is 0 Å². The van der Waals surface area contributed by atoms with Gasteiger partial charge in [0, 0.05) is 21.7 Å². The second-order valence-electron chi connectivity index (χ2n) is 4.39. The normalized spacial score (nSPS) is 19.3. The minimum atomic E-state index is -0.668. The number of benzene rings is 1. The molecule has 2 heterocycles. The molecule has 0 fully saturated rings. The maximum atomic E-state index is 8.83. The van der Waals surface area contributed by atoms with Gasteiger partial charge < -0.3 is 4.90 Å². The van der Waals surface area contributed by atoms with Crippen LogP contribution in [0.5, 0.6) is 0 Å². The van der Waals surface area contributed by atoms with Crippen LogP contribution < -0.4 is 4.90 Å². The van der Waals surface area contributed by atoms with E-state index in [1.165, 1.54) is 0 Å². The van der Waals surface area contributed by atoms with E-state index < -0.39 is 12.2 Å². The lowest BCUT2D eigenvalue weighted by Crippen LogP contribution is -2.27. The minimum absolute atomic E-state index is 0.580. The molecule has 0 bridgehead atoms. The van der Waals surface area contributed by atoms with Crippen LogP contribution in [0.4, 0.5) is 11.5 Å². The van der Waals surface area contributed by atoms with Gasteiger partial charge in [-0.1, -0.05) is 34.5 Å². The van der Waals surface area contributed by atoms with Gasteiger partial charge in [0.15, 0.2) is 0 Å². The van der Waals surface area contributed by atoms with Crippen molar-refractivity contribution in [1.82, 2.24) is 4.98 Å². The topological polar surface area (TPSA) is 114 Å². The van der Waals surface area contributed by atoms with Crippen LogP contribution in [0.25, 0.3) is 20.9 Å². The number of nitrogens with zero attached hydrogens (tertiary/aromatic N) is 8. The molecular weight excluding hydrogens is 268 g/mol. The van der Waals surface area contributed by atoms with Gasteiger partial charge in [-0.05, 0) is 34.8 Å². The zero-order valence-corrected chi connectivity index (χ0v) is 10.9. The van der Waals surface area contributed by atoms with Crippen molar-refractivity contribution in [2.24, 2.45) is 10.2 Å². The fourth-order valence-electron chi connectivity index (χ4n) is 2.50. The van der Waals surface area contributed by atoms with Crippen LogP contribution in [0, 0.1) is 0 Å². The van der Waals surface area contributed by atoms with E-state index in [9.17, 15) is 0 Å². The van der Waals surface area contributed by atoms with Gasteiger partial charge in [-0.15, -0.1) is 0 Å². The van der Waals surface area contributed by atoms with Crippen LogP contribution in [-0.2, 0) is 0 Å². The molecule has 1 aromatic carbocycles. The van der Waals surface area contributed by atoms with E-state index in [0.29, 0.717) is 5.82 Å². The Kier molecular flexibility index (Phi) is 3.31. The van der Waals surface area contributed by atoms with Crippen molar-refractivity contribution in [3.63, 3.8) is 0 Å². The number of hydrogen-bond acceptors (Lipinski definition) is 4. The molecule has 0 saturated heterocycles. The minimum Gasteiger partial charge on any atom is -0.316 e. The average molecular weight is 278 g/mol. The molecule has 1 aliphatic rings. The van der Waals surface area contributed by atoms with Gasteiger partial charge in [-0.3, -0.25) is 0 Å². The molecule has 102 valence electrons. The SMILES string of the molecule is [N-]=[N+]=NC1c2ccccc2N(c2ccccn2)C1N=[N+]=[N-]. The first-order valence-corrected chi connectivity index (χ1v) is 6.24. The number of para-hydroxylation sites is 1. The highest BCUT2D eigenvalue weighted by molar-refractivity contribution is 5.70. The molecule has 1 aromatic heterocycles. The molecule has 8 nitrogen and oxygen atoms in total. The third kappa shape index (κ3) is 2.10. The van der Waals surface area contributed by atoms with E-state index in [0.717, 1.165) is 11.3 Å². The van der Waals surface area contributed by atoms with E-state index in [1.807, 2.05) is 36.4 Å². The highest BCUT2D eigenvalue weighted by Gasteiger charge is 2.38. The maximum Gasteiger partial charge on any atom is 0.133 e. The quantitative estimate of drug-likeness (QED) is 0.475. The molecule has 2 atom stereocenters. The molecule has 0 amide bonds. The first-order chi connectivity index (χ1) is 10.4. The van der Waals surface area contributed by atoms with Crippen molar-refractivity contribution >= 4 is 11.5 Å². The van der Waals surface area contributed by atoms with Gasteiger partial charge in [-0.25, -0.2) is 4.98 Å². The maximum absolute atomic E-state index is 8.83. The smallest absolute Gasteiger partial charge is 0.133 e. The standard InChI is InChI=1S/C13H10N8/c14-19-17-12-9-5-1-2-6-10(9)21(13(12)18-20-15)11-7-3-4-8-16-11/h1-8,12-13H. The van der Waals surface area contributed by atoms with Crippen molar-refractivity contribution in [2.75, 3.05) is 4.90 Å². The van der Waals surface area contributed by atoms with Gasteiger partial charge in [0.1, 0.15) is 12.0 Å². The molecule has 2 unspecified atom stereocenters. The summed E-state index contributed by atoms with van der Waals surface area (Å²) in [6.07, 6.45) is 0.990. The fourth-order valence-corrected chi connectivity index (χ4v) is 2.50. The Morgan fingerprint density at radius 2 is 1.76 bits per heavy atom. The predicted molar refractivity (Wildman–Crippen MR) is 77.6 cm³/mol. The van der Waals surface area contributed by atoms with Crippen LogP contribution in [0.3, 0.4) is 0 Å². The summed E-state index contributed by atoms with van der Waals surface area (Å²) in [5.41, 5.74) is 19.3. The predicted octanol–water partition coefficient (Wildman–Crippen LogP) is 4.22. The third-order valence-corrected chi connectivity index (χ3v) is 3.30. The number of aromatic nitrogens is 1. The zero-order valence-electron chi connectivity index (χ0n) is 10.9. The lowest BCUT2D eigenvalue weighted by molar-refractivity contribution is 0.585. The fraction of sp³-hybridized carbons (Fsp3) is 0.154. The van der Waals surface area contributed by atoms with Gasteiger partial charge in [0.2, 0.25) is 0 Å². The molecule has 0 saturated carbocycles. The van der Waals surface area contributed by atoms with Crippen LogP contribution in [-0.4, -0.2) is 11.1 Å². The summed E-state index contributed by atoms with van der Waals surface area (Å²) >= 11 is 0. The van der Waals surface area contributed by atoms with E-state index in [2.05, 4.69) is 25.0 Å². The largest absolute Gasteiger partial charge is 0.316 e. The first-order valence-electron chi connectivity index (χ1n) is 6.24. The number of rotatable bonds is 3. The molecule has 0 N–H and O–H groups in total. The summed E-state index contributed by atoms with van der Waals surface area (Å²) in [6, 6.07) is 12.4. The Balaban J connectivity index is 2.21. The molecule has 3 rings (SSSR count). The Morgan fingerprint density at radius 1 is 1.00 bits per heavy atom. The number of anilines is 2. The average Bonchev–Trinajstić information content (AvgIpc) is 2.83. The zero-order chi connectivity index (χ0) is 14.7. The third-order valence-electron chi connectivity index (χ3n) is 3.30. The second kappa shape index (κ2) is 5.42. The summed E-state index contributed by atoms with van der Waals surface area (Å²) in [4.78, 5) is 11.8. The Hall–Kier alpha value is -3.21. The van der Waals surface area contributed by atoms with Gasteiger partial charge in [-0.2, -0.15) is 0 Å². The van der Waals surface area contributed by atoms with Gasteiger partial charge >= 0.3 is 0 Å². The molecule has 2 aromatic rings. The summed E-state index contributed by atoms with van der Waals surface area (Å²) < 4.78 is 0. The molecule has 1 aliphatic heterocycles. The van der Waals surface area contributed by atoms with Crippen LogP contribution in [0.15, 0.2) is 58.9 Å². The Morgan fingerprint density at radius 3 is 2.48 bits per heavy atom. The van der Waals surface area contributed by atoms with Crippen molar-refractivity contribution in [1.29, 1.82) is 0 Å². The van der Waals surface area contributed by atoms with Gasteiger partial charge in [0.05, 0.1) is 6.04 Å².